The third-order valence-electron chi connectivity index (χ3n) is 5.22. The number of benzene rings is 1. The number of hydrogen-bond donors (Lipinski definition) is 2. The first kappa shape index (κ1) is 24.0. The van der Waals surface area contributed by atoms with Crippen molar-refractivity contribution in [1.29, 1.82) is 0 Å². The van der Waals surface area contributed by atoms with Crippen molar-refractivity contribution in [3.8, 4) is 5.75 Å². The number of ether oxygens (including phenoxy) is 1. The maximum atomic E-state index is 5.74. The van der Waals surface area contributed by atoms with Crippen molar-refractivity contribution in [2.75, 3.05) is 40.3 Å². The Morgan fingerprint density at radius 1 is 1.21 bits per heavy atom. The molecule has 160 valence electrons. The lowest BCUT2D eigenvalue weighted by Gasteiger charge is -2.39. The summed E-state index contributed by atoms with van der Waals surface area (Å²) in [5.74, 6) is 2.39. The molecule has 1 aliphatic heterocycles. The number of nitrogens with one attached hydrogen (secondary N) is 2. The van der Waals surface area contributed by atoms with Gasteiger partial charge in [-0.1, -0.05) is 24.3 Å². The van der Waals surface area contributed by atoms with Crippen LogP contribution in [0.1, 0.15) is 30.2 Å². The first-order valence-electron chi connectivity index (χ1n) is 10.1. The van der Waals surface area contributed by atoms with Crippen molar-refractivity contribution in [2.24, 2.45) is 10.9 Å². The number of nitrogens with zero attached hydrogens (tertiary/aromatic N) is 2. The molecule has 0 radical (unpaired) electrons. The molecule has 3 rings (SSSR count). The van der Waals surface area contributed by atoms with Crippen molar-refractivity contribution in [1.82, 2.24) is 15.5 Å². The summed E-state index contributed by atoms with van der Waals surface area (Å²) in [6.07, 6.45) is 3.44. The lowest BCUT2D eigenvalue weighted by Crippen LogP contribution is -2.45. The van der Waals surface area contributed by atoms with Gasteiger partial charge in [-0.05, 0) is 62.4 Å². The molecule has 1 fully saturated rings. The maximum absolute atomic E-state index is 5.74. The maximum Gasteiger partial charge on any atom is 0.190 e. The summed E-state index contributed by atoms with van der Waals surface area (Å²) >= 11 is 1.87. The molecule has 0 saturated carbocycles. The summed E-state index contributed by atoms with van der Waals surface area (Å²) in [7, 11) is 4.08. The molecule has 0 aliphatic carbocycles. The number of aliphatic imine (C=N–C) groups is 1. The number of rotatable bonds is 8. The molecule has 2 N–H and O–H groups in total. The summed E-state index contributed by atoms with van der Waals surface area (Å²) in [6.45, 7) is 3.65. The van der Waals surface area contributed by atoms with Crippen LogP contribution in [-0.2, 0) is 0 Å². The quantitative estimate of drug-likeness (QED) is 0.231. The van der Waals surface area contributed by atoms with Crippen LogP contribution in [0.3, 0.4) is 0 Å². The second kappa shape index (κ2) is 13.1. The zero-order chi connectivity index (χ0) is 19.6. The fourth-order valence-electron chi connectivity index (χ4n) is 3.82. The van der Waals surface area contributed by atoms with Crippen LogP contribution in [0.5, 0.6) is 5.75 Å². The molecule has 0 spiro atoms. The Bertz CT molecular complexity index is 711. The molecule has 2 heterocycles. The predicted molar refractivity (Wildman–Crippen MR) is 134 cm³/mol. The van der Waals surface area contributed by atoms with Crippen LogP contribution in [-0.4, -0.2) is 51.2 Å². The molecular formula is C22H33IN4OS. The van der Waals surface area contributed by atoms with Gasteiger partial charge in [0, 0.05) is 31.1 Å². The molecule has 0 bridgehead atoms. The summed E-state index contributed by atoms with van der Waals surface area (Å²) < 4.78 is 5.74. The second-order valence-corrected chi connectivity index (χ2v) is 8.22. The number of para-hydroxylation sites is 1. The lowest BCUT2D eigenvalue weighted by molar-refractivity contribution is 0.125. The van der Waals surface area contributed by atoms with Gasteiger partial charge in [0.15, 0.2) is 5.96 Å². The second-order valence-electron chi connectivity index (χ2n) is 7.24. The molecule has 7 heteroatoms. The Hall–Kier alpha value is -1.32. The van der Waals surface area contributed by atoms with Gasteiger partial charge in [0.25, 0.3) is 0 Å². The summed E-state index contributed by atoms with van der Waals surface area (Å²) in [4.78, 5) is 8.34. The molecule has 5 nitrogen and oxygen atoms in total. The average Bonchev–Trinajstić information content (AvgIpc) is 3.25. The minimum absolute atomic E-state index is 0. The van der Waals surface area contributed by atoms with E-state index in [0.29, 0.717) is 18.6 Å². The van der Waals surface area contributed by atoms with E-state index in [2.05, 4.69) is 45.1 Å². The minimum Gasteiger partial charge on any atom is -0.494 e. The number of halogens is 1. The predicted octanol–water partition coefficient (Wildman–Crippen LogP) is 4.38. The molecule has 1 aliphatic rings. The molecule has 0 amide bonds. The Morgan fingerprint density at radius 2 is 2.03 bits per heavy atom. The SMILES string of the molecule is CN=C(NCCCOc1ccccc1)NCC1CCCN(C)C1c1cccs1.I. The first-order valence-corrected chi connectivity index (χ1v) is 11.0. The number of guanidine groups is 1. The smallest absolute Gasteiger partial charge is 0.190 e. The molecule has 1 aromatic carbocycles. The van der Waals surface area contributed by atoms with E-state index >= 15 is 0 Å². The van der Waals surface area contributed by atoms with Crippen LogP contribution in [0, 0.1) is 5.92 Å². The van der Waals surface area contributed by atoms with Gasteiger partial charge in [0.05, 0.1) is 6.61 Å². The Morgan fingerprint density at radius 3 is 2.76 bits per heavy atom. The van der Waals surface area contributed by atoms with E-state index in [1.165, 1.54) is 24.3 Å². The molecule has 2 aromatic rings. The number of piperidine rings is 1. The van der Waals surface area contributed by atoms with Crippen LogP contribution < -0.4 is 15.4 Å². The summed E-state index contributed by atoms with van der Waals surface area (Å²) in [5, 5.41) is 9.12. The van der Waals surface area contributed by atoms with Crippen molar-refractivity contribution in [2.45, 2.75) is 25.3 Å². The number of thiophene rings is 1. The minimum atomic E-state index is 0. The van der Waals surface area contributed by atoms with E-state index in [9.17, 15) is 0 Å². The highest BCUT2D eigenvalue weighted by atomic mass is 127. The lowest BCUT2D eigenvalue weighted by atomic mass is 9.88. The van der Waals surface area contributed by atoms with Gasteiger partial charge in [-0.3, -0.25) is 9.89 Å². The number of likely N-dealkylation sites (tertiary alicyclic amines) is 1. The van der Waals surface area contributed by atoms with Crippen molar-refractivity contribution in [3.05, 3.63) is 52.7 Å². The zero-order valence-electron chi connectivity index (χ0n) is 17.3. The van der Waals surface area contributed by atoms with E-state index < -0.39 is 0 Å². The van der Waals surface area contributed by atoms with E-state index in [0.717, 1.165) is 31.2 Å². The third kappa shape index (κ3) is 7.46. The molecule has 29 heavy (non-hydrogen) atoms. The van der Waals surface area contributed by atoms with Gasteiger partial charge in [0.1, 0.15) is 5.75 Å². The molecule has 1 saturated heterocycles. The Labute approximate surface area is 196 Å². The Kier molecular flexibility index (Phi) is 10.8. The van der Waals surface area contributed by atoms with Crippen LogP contribution in [0.2, 0.25) is 0 Å². The van der Waals surface area contributed by atoms with Crippen LogP contribution >= 0.6 is 35.3 Å². The zero-order valence-corrected chi connectivity index (χ0v) is 20.5. The Balaban J connectivity index is 0.00000300. The van der Waals surface area contributed by atoms with Crippen LogP contribution in [0.25, 0.3) is 0 Å². The topological polar surface area (TPSA) is 48.9 Å². The van der Waals surface area contributed by atoms with E-state index in [1.807, 2.05) is 48.7 Å². The fraction of sp³-hybridized carbons (Fsp3) is 0.500. The number of hydrogen-bond acceptors (Lipinski definition) is 4. The summed E-state index contributed by atoms with van der Waals surface area (Å²) in [5.41, 5.74) is 0. The van der Waals surface area contributed by atoms with Gasteiger partial charge in [-0.2, -0.15) is 0 Å². The van der Waals surface area contributed by atoms with Crippen LogP contribution in [0.4, 0.5) is 0 Å². The summed E-state index contributed by atoms with van der Waals surface area (Å²) in [6, 6.07) is 14.9. The van der Waals surface area contributed by atoms with E-state index in [4.69, 9.17) is 4.74 Å². The molecule has 1 aromatic heterocycles. The van der Waals surface area contributed by atoms with Crippen molar-refractivity contribution >= 4 is 41.3 Å². The van der Waals surface area contributed by atoms with Gasteiger partial charge in [-0.15, -0.1) is 35.3 Å². The average molecular weight is 529 g/mol. The third-order valence-corrected chi connectivity index (χ3v) is 6.17. The molecule has 2 unspecified atom stereocenters. The standard InChI is InChI=1S/C22H32N4OS.HI/c1-23-22(24-13-8-15-27-19-10-4-3-5-11-19)25-17-18-9-6-14-26(2)21(18)20-12-7-16-28-20;/h3-5,7,10-12,16,18,21H,6,8-9,13-15,17H2,1-2H3,(H2,23,24,25);1H. The molecular weight excluding hydrogens is 495 g/mol. The normalized spacial score (nSPS) is 20.0. The van der Waals surface area contributed by atoms with Crippen molar-refractivity contribution < 1.29 is 4.74 Å². The highest BCUT2D eigenvalue weighted by Crippen LogP contribution is 2.36. The van der Waals surface area contributed by atoms with E-state index in [-0.39, 0.29) is 24.0 Å². The van der Waals surface area contributed by atoms with Gasteiger partial charge in [0.2, 0.25) is 0 Å². The van der Waals surface area contributed by atoms with Crippen molar-refractivity contribution in [3.63, 3.8) is 0 Å². The van der Waals surface area contributed by atoms with Gasteiger partial charge < -0.3 is 15.4 Å². The van der Waals surface area contributed by atoms with E-state index in [1.54, 1.807) is 0 Å². The monoisotopic (exact) mass is 528 g/mol. The van der Waals surface area contributed by atoms with Crippen LogP contribution in [0.15, 0.2) is 52.8 Å². The first-order chi connectivity index (χ1) is 13.8. The molecule has 2 atom stereocenters. The highest BCUT2D eigenvalue weighted by molar-refractivity contribution is 14.0. The van der Waals surface area contributed by atoms with Gasteiger partial charge in [-0.25, -0.2) is 0 Å². The largest absolute Gasteiger partial charge is 0.494 e. The highest BCUT2D eigenvalue weighted by Gasteiger charge is 2.31. The van der Waals surface area contributed by atoms with Gasteiger partial charge >= 0.3 is 0 Å². The fourth-order valence-corrected chi connectivity index (χ4v) is 4.80.